The maximum absolute atomic E-state index is 10.7. The van der Waals surface area contributed by atoms with Gasteiger partial charge in [0.25, 0.3) is 5.69 Å². The number of non-ortho nitro benzene ring substituents is 1. The number of rotatable bonds is 9. The van der Waals surface area contributed by atoms with Crippen LogP contribution < -0.4 is 10.2 Å². The summed E-state index contributed by atoms with van der Waals surface area (Å²) in [7, 11) is 0. The van der Waals surface area contributed by atoms with Gasteiger partial charge in [-0.2, -0.15) is 5.10 Å². The van der Waals surface area contributed by atoms with E-state index in [-0.39, 0.29) is 5.69 Å². The van der Waals surface area contributed by atoms with Gasteiger partial charge in [0.05, 0.1) is 23.4 Å². The molecule has 0 unspecified atom stereocenters. The number of nitro groups is 1. The lowest BCUT2D eigenvalue weighted by Crippen LogP contribution is -2.14. The average molecular weight is 379 g/mol. The van der Waals surface area contributed by atoms with Crippen LogP contribution in [0.2, 0.25) is 0 Å². The van der Waals surface area contributed by atoms with Crippen LogP contribution in [0.25, 0.3) is 11.9 Å². The number of nitro benzene ring substituents is 1. The molecule has 9 nitrogen and oxygen atoms in total. The van der Waals surface area contributed by atoms with Gasteiger partial charge in [-0.1, -0.05) is 6.08 Å². The Morgan fingerprint density at radius 1 is 1.18 bits per heavy atom. The molecule has 142 valence electrons. The largest absolute Gasteiger partial charge is 0.457 e. The maximum Gasteiger partial charge on any atom is 0.269 e. The Hall–Kier alpha value is -3.98. The fraction of sp³-hybridized carbons (Fsp3) is 0.0526. The SMILES string of the molecule is C=CCONC(=Cn1cncn1)c1ccc(Oc2ccc([N+](=O)[O-])cc2)cc1. The van der Waals surface area contributed by atoms with Gasteiger partial charge in [0.15, 0.2) is 0 Å². The van der Waals surface area contributed by atoms with E-state index in [0.29, 0.717) is 23.8 Å². The van der Waals surface area contributed by atoms with Gasteiger partial charge in [-0.3, -0.25) is 20.4 Å². The smallest absolute Gasteiger partial charge is 0.269 e. The third kappa shape index (κ3) is 5.02. The highest BCUT2D eigenvalue weighted by Crippen LogP contribution is 2.25. The third-order valence-electron chi connectivity index (χ3n) is 3.53. The second kappa shape index (κ2) is 9.10. The lowest BCUT2D eigenvalue weighted by molar-refractivity contribution is -0.384. The van der Waals surface area contributed by atoms with E-state index in [1.165, 1.54) is 18.5 Å². The van der Waals surface area contributed by atoms with E-state index in [9.17, 15) is 10.1 Å². The molecule has 0 bridgehead atoms. The van der Waals surface area contributed by atoms with Gasteiger partial charge < -0.3 is 4.74 Å². The van der Waals surface area contributed by atoms with Crippen LogP contribution in [0.1, 0.15) is 5.56 Å². The van der Waals surface area contributed by atoms with E-state index >= 15 is 0 Å². The van der Waals surface area contributed by atoms with Gasteiger partial charge in [-0.25, -0.2) is 9.67 Å². The van der Waals surface area contributed by atoms with Crippen LogP contribution in [0.15, 0.2) is 73.8 Å². The van der Waals surface area contributed by atoms with Gasteiger partial charge in [0.2, 0.25) is 0 Å². The number of hydrogen-bond acceptors (Lipinski definition) is 7. The Bertz CT molecular complexity index is 951. The van der Waals surface area contributed by atoms with Crippen molar-refractivity contribution in [3.63, 3.8) is 0 Å². The summed E-state index contributed by atoms with van der Waals surface area (Å²) in [5, 5.41) is 14.8. The molecule has 1 N–H and O–H groups in total. The van der Waals surface area contributed by atoms with Crippen molar-refractivity contribution in [2.45, 2.75) is 0 Å². The Morgan fingerprint density at radius 2 is 1.86 bits per heavy atom. The number of aromatic nitrogens is 3. The molecule has 0 radical (unpaired) electrons. The number of nitrogens with one attached hydrogen (secondary N) is 1. The summed E-state index contributed by atoms with van der Waals surface area (Å²) < 4.78 is 7.26. The molecule has 2 aromatic carbocycles. The minimum Gasteiger partial charge on any atom is -0.457 e. The van der Waals surface area contributed by atoms with Crippen molar-refractivity contribution in [3.8, 4) is 11.5 Å². The molecule has 0 saturated carbocycles. The fourth-order valence-electron chi connectivity index (χ4n) is 2.23. The van der Waals surface area contributed by atoms with Crippen molar-refractivity contribution >= 4 is 17.6 Å². The lowest BCUT2D eigenvalue weighted by atomic mass is 10.1. The first kappa shape index (κ1) is 18.8. The maximum atomic E-state index is 10.7. The predicted molar refractivity (Wildman–Crippen MR) is 103 cm³/mol. The predicted octanol–water partition coefficient (Wildman–Crippen LogP) is 3.64. The Labute approximate surface area is 160 Å². The number of nitrogens with zero attached hydrogens (tertiary/aromatic N) is 4. The van der Waals surface area contributed by atoms with Crippen molar-refractivity contribution in [3.05, 3.63) is 89.5 Å². The van der Waals surface area contributed by atoms with Crippen LogP contribution in [0.3, 0.4) is 0 Å². The Balaban J connectivity index is 1.74. The molecule has 0 aliphatic carbocycles. The number of benzene rings is 2. The molecule has 28 heavy (non-hydrogen) atoms. The van der Waals surface area contributed by atoms with Gasteiger partial charge in [0, 0.05) is 17.7 Å². The van der Waals surface area contributed by atoms with E-state index < -0.39 is 4.92 Å². The van der Waals surface area contributed by atoms with Crippen molar-refractivity contribution < 1.29 is 14.5 Å². The summed E-state index contributed by atoms with van der Waals surface area (Å²) >= 11 is 0. The molecule has 0 saturated heterocycles. The van der Waals surface area contributed by atoms with Crippen molar-refractivity contribution in [1.29, 1.82) is 0 Å². The number of hydroxylamine groups is 1. The second-order valence-electron chi connectivity index (χ2n) is 5.50. The van der Waals surface area contributed by atoms with Gasteiger partial charge in [-0.15, -0.1) is 6.58 Å². The highest BCUT2D eigenvalue weighted by molar-refractivity contribution is 5.73. The lowest BCUT2D eigenvalue weighted by Gasteiger charge is -2.11. The van der Waals surface area contributed by atoms with Gasteiger partial charge >= 0.3 is 0 Å². The Kier molecular flexibility index (Phi) is 6.11. The molecule has 0 fully saturated rings. The van der Waals surface area contributed by atoms with Crippen LogP contribution in [0.4, 0.5) is 5.69 Å². The van der Waals surface area contributed by atoms with E-state index in [0.717, 1.165) is 5.56 Å². The molecule has 1 aromatic heterocycles. The van der Waals surface area contributed by atoms with E-state index in [1.54, 1.807) is 47.6 Å². The molecule has 3 aromatic rings. The molecule has 0 amide bonds. The van der Waals surface area contributed by atoms with Crippen LogP contribution in [0, 0.1) is 10.1 Å². The summed E-state index contributed by atoms with van der Waals surface area (Å²) in [6.07, 6.45) is 6.34. The van der Waals surface area contributed by atoms with Crippen LogP contribution in [-0.4, -0.2) is 26.3 Å². The first-order valence-corrected chi connectivity index (χ1v) is 8.23. The van der Waals surface area contributed by atoms with Crippen LogP contribution >= 0.6 is 0 Å². The molecule has 0 aliphatic rings. The minimum absolute atomic E-state index is 0.0104. The van der Waals surface area contributed by atoms with Crippen molar-refractivity contribution in [1.82, 2.24) is 20.2 Å². The first-order chi connectivity index (χ1) is 13.7. The average Bonchev–Trinajstić information content (AvgIpc) is 3.22. The molecule has 0 aliphatic heterocycles. The third-order valence-corrected chi connectivity index (χ3v) is 3.53. The number of hydrogen-bond donors (Lipinski definition) is 1. The highest BCUT2D eigenvalue weighted by atomic mass is 16.6. The first-order valence-electron chi connectivity index (χ1n) is 8.23. The second-order valence-corrected chi connectivity index (χ2v) is 5.50. The zero-order valence-electron chi connectivity index (χ0n) is 14.8. The molecule has 0 atom stereocenters. The summed E-state index contributed by atoms with van der Waals surface area (Å²) in [4.78, 5) is 19.5. The standard InChI is InChI=1S/C19H17N5O4/c1-2-11-27-22-19(12-23-14-20-13-21-23)15-3-7-17(8-4-15)28-18-9-5-16(6-10-18)24(25)26/h2-10,12-14,22H,1,11H2. The normalized spacial score (nSPS) is 11.1. The van der Waals surface area contributed by atoms with E-state index in [2.05, 4.69) is 22.1 Å². The molecular weight excluding hydrogens is 362 g/mol. The van der Waals surface area contributed by atoms with Gasteiger partial charge in [0.1, 0.15) is 24.2 Å². The zero-order valence-corrected chi connectivity index (χ0v) is 14.8. The minimum atomic E-state index is -0.455. The van der Waals surface area contributed by atoms with E-state index in [1.807, 2.05) is 12.1 Å². The molecule has 1 heterocycles. The van der Waals surface area contributed by atoms with Crippen molar-refractivity contribution in [2.75, 3.05) is 6.61 Å². The topological polar surface area (TPSA) is 104 Å². The zero-order chi connectivity index (χ0) is 19.8. The van der Waals surface area contributed by atoms with Crippen LogP contribution in [0.5, 0.6) is 11.5 Å². The van der Waals surface area contributed by atoms with Gasteiger partial charge in [-0.05, 0) is 36.4 Å². The summed E-state index contributed by atoms with van der Waals surface area (Å²) in [6, 6.07) is 13.1. The molecule has 3 rings (SSSR count). The number of ether oxygens (including phenoxy) is 1. The fourth-order valence-corrected chi connectivity index (χ4v) is 2.23. The Morgan fingerprint density at radius 3 is 2.43 bits per heavy atom. The summed E-state index contributed by atoms with van der Waals surface area (Å²) in [6.45, 7) is 3.94. The highest BCUT2D eigenvalue weighted by Gasteiger charge is 2.07. The van der Waals surface area contributed by atoms with Crippen LogP contribution in [-0.2, 0) is 4.84 Å². The molecule has 0 spiro atoms. The molecule has 9 heteroatoms. The van der Waals surface area contributed by atoms with E-state index in [4.69, 9.17) is 9.57 Å². The molecular formula is C19H17N5O4. The van der Waals surface area contributed by atoms with Crippen molar-refractivity contribution in [2.24, 2.45) is 0 Å². The monoisotopic (exact) mass is 379 g/mol. The quantitative estimate of drug-likeness (QED) is 0.262. The summed E-state index contributed by atoms with van der Waals surface area (Å²) in [5.41, 5.74) is 4.36. The summed E-state index contributed by atoms with van der Waals surface area (Å²) in [5.74, 6) is 1.09.